The predicted molar refractivity (Wildman–Crippen MR) is 66.0 cm³/mol. The lowest BCUT2D eigenvalue weighted by molar-refractivity contribution is 0.0383. The van der Waals surface area contributed by atoms with Crippen LogP contribution in [0.1, 0.15) is 10.4 Å². The number of nitrogens with one attached hydrogen (secondary N) is 1. The molecule has 2 rings (SSSR count). The number of carbonyl (C=O) groups is 1. The maximum Gasteiger partial charge on any atom is 0.251 e. The highest BCUT2D eigenvalue weighted by molar-refractivity contribution is 5.94. The largest absolute Gasteiger partial charge is 0.379 e. The molecule has 0 unspecified atom stereocenters. The molecule has 0 radical (unpaired) electrons. The molecule has 1 N–H and O–H groups in total. The van der Waals surface area contributed by atoms with Crippen molar-refractivity contribution in [2.75, 3.05) is 39.4 Å². The Morgan fingerprint density at radius 3 is 2.65 bits per heavy atom. The van der Waals surface area contributed by atoms with Gasteiger partial charge in [-0.05, 0) is 12.1 Å². The van der Waals surface area contributed by atoms with E-state index in [1.165, 1.54) is 0 Å². The SMILES string of the molecule is O=C(NCCN1CCOCC1)c1ccccc1. The zero-order valence-corrected chi connectivity index (χ0v) is 9.89. The molecule has 0 atom stereocenters. The van der Waals surface area contributed by atoms with Crippen LogP contribution in [0.15, 0.2) is 30.3 Å². The van der Waals surface area contributed by atoms with E-state index in [-0.39, 0.29) is 5.91 Å². The van der Waals surface area contributed by atoms with Gasteiger partial charge in [0.1, 0.15) is 0 Å². The van der Waals surface area contributed by atoms with E-state index < -0.39 is 0 Å². The summed E-state index contributed by atoms with van der Waals surface area (Å²) in [4.78, 5) is 14.0. The summed E-state index contributed by atoms with van der Waals surface area (Å²) in [5.41, 5.74) is 0.717. The van der Waals surface area contributed by atoms with Crippen molar-refractivity contribution >= 4 is 5.91 Å². The van der Waals surface area contributed by atoms with Gasteiger partial charge in [0.2, 0.25) is 0 Å². The van der Waals surface area contributed by atoms with Gasteiger partial charge in [-0.25, -0.2) is 0 Å². The first-order chi connectivity index (χ1) is 8.36. The molecular weight excluding hydrogens is 216 g/mol. The minimum absolute atomic E-state index is 0.00106. The fourth-order valence-electron chi connectivity index (χ4n) is 1.84. The molecule has 92 valence electrons. The number of rotatable bonds is 4. The normalized spacial score (nSPS) is 16.7. The van der Waals surface area contributed by atoms with E-state index in [4.69, 9.17) is 4.74 Å². The Labute approximate surface area is 102 Å². The zero-order valence-electron chi connectivity index (χ0n) is 9.89. The third kappa shape index (κ3) is 3.84. The molecule has 0 aliphatic carbocycles. The molecule has 0 spiro atoms. The van der Waals surface area contributed by atoms with Crippen molar-refractivity contribution in [1.29, 1.82) is 0 Å². The summed E-state index contributed by atoms with van der Waals surface area (Å²) >= 11 is 0. The van der Waals surface area contributed by atoms with Crippen LogP contribution >= 0.6 is 0 Å². The Bertz CT molecular complexity index is 348. The summed E-state index contributed by atoms with van der Waals surface area (Å²) < 4.78 is 5.27. The van der Waals surface area contributed by atoms with Crippen molar-refractivity contribution in [2.24, 2.45) is 0 Å². The molecule has 0 saturated carbocycles. The van der Waals surface area contributed by atoms with Crippen LogP contribution in [0.25, 0.3) is 0 Å². The predicted octanol–water partition coefficient (Wildman–Crippen LogP) is 0.749. The van der Waals surface area contributed by atoms with E-state index in [1.807, 2.05) is 30.3 Å². The van der Waals surface area contributed by atoms with Crippen molar-refractivity contribution in [1.82, 2.24) is 10.2 Å². The Morgan fingerprint density at radius 2 is 1.94 bits per heavy atom. The lowest BCUT2D eigenvalue weighted by Gasteiger charge is -2.26. The topological polar surface area (TPSA) is 41.6 Å². The number of benzene rings is 1. The number of hydrogen-bond acceptors (Lipinski definition) is 3. The van der Waals surface area contributed by atoms with Gasteiger partial charge < -0.3 is 10.1 Å². The van der Waals surface area contributed by atoms with Crippen LogP contribution in [-0.2, 0) is 4.74 Å². The monoisotopic (exact) mass is 234 g/mol. The van der Waals surface area contributed by atoms with Gasteiger partial charge >= 0.3 is 0 Å². The second kappa shape index (κ2) is 6.37. The van der Waals surface area contributed by atoms with Gasteiger partial charge in [0, 0.05) is 31.7 Å². The van der Waals surface area contributed by atoms with Gasteiger partial charge in [-0.3, -0.25) is 9.69 Å². The summed E-state index contributed by atoms with van der Waals surface area (Å²) in [6.07, 6.45) is 0. The summed E-state index contributed by atoms with van der Waals surface area (Å²) in [7, 11) is 0. The standard InChI is InChI=1S/C13H18N2O2/c16-13(12-4-2-1-3-5-12)14-6-7-15-8-10-17-11-9-15/h1-5H,6-11H2,(H,14,16). The molecule has 0 bridgehead atoms. The van der Waals surface area contributed by atoms with Crippen molar-refractivity contribution in [3.05, 3.63) is 35.9 Å². The first-order valence-electron chi connectivity index (χ1n) is 5.99. The highest BCUT2D eigenvalue weighted by atomic mass is 16.5. The van der Waals surface area contributed by atoms with Gasteiger partial charge in [-0.15, -0.1) is 0 Å². The van der Waals surface area contributed by atoms with Crippen LogP contribution in [0.4, 0.5) is 0 Å². The lowest BCUT2D eigenvalue weighted by Crippen LogP contribution is -2.41. The number of nitrogens with zero attached hydrogens (tertiary/aromatic N) is 1. The summed E-state index contributed by atoms with van der Waals surface area (Å²) in [6.45, 7) is 5.09. The Morgan fingerprint density at radius 1 is 1.24 bits per heavy atom. The lowest BCUT2D eigenvalue weighted by atomic mass is 10.2. The molecule has 17 heavy (non-hydrogen) atoms. The number of amides is 1. The first kappa shape index (κ1) is 12.1. The van der Waals surface area contributed by atoms with Gasteiger partial charge in [-0.1, -0.05) is 18.2 Å². The van der Waals surface area contributed by atoms with Gasteiger partial charge in [0.15, 0.2) is 0 Å². The summed E-state index contributed by atoms with van der Waals surface area (Å²) in [5.74, 6) is -0.00106. The molecule has 1 heterocycles. The smallest absolute Gasteiger partial charge is 0.251 e. The van der Waals surface area contributed by atoms with Gasteiger partial charge in [0.25, 0.3) is 5.91 Å². The third-order valence-electron chi connectivity index (χ3n) is 2.85. The molecular formula is C13H18N2O2. The molecule has 1 amide bonds. The highest BCUT2D eigenvalue weighted by Crippen LogP contribution is 1.98. The van der Waals surface area contributed by atoms with Crippen LogP contribution in [0.2, 0.25) is 0 Å². The van der Waals surface area contributed by atoms with Gasteiger partial charge in [-0.2, -0.15) is 0 Å². The van der Waals surface area contributed by atoms with Crippen LogP contribution in [0, 0.1) is 0 Å². The zero-order chi connectivity index (χ0) is 11.9. The third-order valence-corrected chi connectivity index (χ3v) is 2.85. The van der Waals surface area contributed by atoms with Crippen molar-refractivity contribution in [3.8, 4) is 0 Å². The Balaban J connectivity index is 1.69. The molecule has 0 aromatic heterocycles. The number of morpholine rings is 1. The van der Waals surface area contributed by atoms with E-state index in [2.05, 4.69) is 10.2 Å². The van der Waals surface area contributed by atoms with Crippen LogP contribution in [-0.4, -0.2) is 50.2 Å². The molecule has 4 heteroatoms. The average Bonchev–Trinajstić information content (AvgIpc) is 2.41. The van der Waals surface area contributed by atoms with E-state index in [0.717, 1.165) is 38.4 Å². The number of carbonyl (C=O) groups excluding carboxylic acids is 1. The Hall–Kier alpha value is -1.39. The van der Waals surface area contributed by atoms with Crippen LogP contribution < -0.4 is 5.32 Å². The van der Waals surface area contributed by atoms with Crippen molar-refractivity contribution < 1.29 is 9.53 Å². The number of ether oxygens (including phenoxy) is 1. The first-order valence-corrected chi connectivity index (χ1v) is 5.99. The van der Waals surface area contributed by atoms with Crippen molar-refractivity contribution in [3.63, 3.8) is 0 Å². The van der Waals surface area contributed by atoms with Crippen LogP contribution in [0.3, 0.4) is 0 Å². The molecule has 1 aliphatic heterocycles. The highest BCUT2D eigenvalue weighted by Gasteiger charge is 2.10. The molecule has 4 nitrogen and oxygen atoms in total. The molecule has 1 aromatic carbocycles. The Kier molecular flexibility index (Phi) is 4.53. The number of hydrogen-bond donors (Lipinski definition) is 1. The van der Waals surface area contributed by atoms with E-state index in [9.17, 15) is 4.79 Å². The average molecular weight is 234 g/mol. The fraction of sp³-hybridized carbons (Fsp3) is 0.462. The molecule has 1 aliphatic rings. The molecule has 1 saturated heterocycles. The fourth-order valence-corrected chi connectivity index (χ4v) is 1.84. The van der Waals surface area contributed by atoms with Crippen molar-refractivity contribution in [2.45, 2.75) is 0 Å². The second-order valence-electron chi connectivity index (χ2n) is 4.08. The molecule has 1 aromatic rings. The second-order valence-corrected chi connectivity index (χ2v) is 4.08. The minimum Gasteiger partial charge on any atom is -0.379 e. The van der Waals surface area contributed by atoms with E-state index >= 15 is 0 Å². The quantitative estimate of drug-likeness (QED) is 0.836. The summed E-state index contributed by atoms with van der Waals surface area (Å²) in [5, 5.41) is 2.92. The van der Waals surface area contributed by atoms with E-state index in [1.54, 1.807) is 0 Å². The van der Waals surface area contributed by atoms with Gasteiger partial charge in [0.05, 0.1) is 13.2 Å². The van der Waals surface area contributed by atoms with Crippen LogP contribution in [0.5, 0.6) is 0 Å². The minimum atomic E-state index is -0.00106. The maximum atomic E-state index is 11.7. The maximum absolute atomic E-state index is 11.7. The van der Waals surface area contributed by atoms with E-state index in [0.29, 0.717) is 6.54 Å². The molecule has 1 fully saturated rings. The summed E-state index contributed by atoms with van der Waals surface area (Å²) in [6, 6.07) is 9.30.